The van der Waals surface area contributed by atoms with Gasteiger partial charge >= 0.3 is 0 Å². The number of halogens is 1. The monoisotopic (exact) mass is 409 g/mol. The summed E-state index contributed by atoms with van der Waals surface area (Å²) in [7, 11) is 0. The number of anilines is 1. The first-order valence-corrected chi connectivity index (χ1v) is 10.8. The number of hydrogen-bond acceptors (Lipinski definition) is 4. The molecular weight excluding hydrogens is 378 g/mol. The van der Waals surface area contributed by atoms with Gasteiger partial charge in [-0.2, -0.15) is 0 Å². The molecule has 6 heteroatoms. The van der Waals surface area contributed by atoms with Crippen molar-refractivity contribution in [3.63, 3.8) is 0 Å². The van der Waals surface area contributed by atoms with Crippen LogP contribution in [0.1, 0.15) is 50.7 Å². The molecule has 1 amide bonds. The van der Waals surface area contributed by atoms with E-state index in [-0.39, 0.29) is 24.2 Å². The van der Waals surface area contributed by atoms with Crippen molar-refractivity contribution in [1.29, 1.82) is 0 Å². The third-order valence-corrected chi connectivity index (χ3v) is 6.77. The fourth-order valence-corrected chi connectivity index (χ4v) is 5.00. The van der Waals surface area contributed by atoms with Gasteiger partial charge in [-0.15, -0.1) is 12.4 Å². The van der Waals surface area contributed by atoms with Crippen molar-refractivity contribution >= 4 is 45.0 Å². The van der Waals surface area contributed by atoms with E-state index in [2.05, 4.69) is 44.7 Å². The highest BCUT2D eigenvalue weighted by atomic mass is 35.5. The van der Waals surface area contributed by atoms with Crippen LogP contribution in [0.2, 0.25) is 0 Å². The molecule has 1 aliphatic rings. The van der Waals surface area contributed by atoms with Crippen LogP contribution in [0.25, 0.3) is 10.2 Å². The van der Waals surface area contributed by atoms with Crippen molar-refractivity contribution in [2.24, 2.45) is 5.92 Å². The summed E-state index contributed by atoms with van der Waals surface area (Å²) in [6.07, 6.45) is 4.42. The lowest BCUT2D eigenvalue weighted by Gasteiger charge is -2.26. The topological polar surface area (TPSA) is 36.4 Å². The highest BCUT2D eigenvalue weighted by Gasteiger charge is 2.30. The average molecular weight is 410 g/mol. The molecule has 1 aromatic carbocycles. The summed E-state index contributed by atoms with van der Waals surface area (Å²) < 4.78 is 1.21. The molecule has 0 bridgehead atoms. The Morgan fingerprint density at radius 2 is 1.81 bits per heavy atom. The molecule has 0 aliphatic heterocycles. The number of nitrogens with zero attached hydrogens (tertiary/aromatic N) is 3. The van der Waals surface area contributed by atoms with Crippen LogP contribution in [0.4, 0.5) is 5.13 Å². The van der Waals surface area contributed by atoms with E-state index in [1.165, 1.54) is 28.7 Å². The number of aryl methyl sites for hydroxylation is 2. The van der Waals surface area contributed by atoms with Gasteiger partial charge in [-0.1, -0.05) is 44.1 Å². The van der Waals surface area contributed by atoms with Crippen LogP contribution < -0.4 is 4.90 Å². The number of rotatable bonds is 7. The lowest BCUT2D eigenvalue weighted by molar-refractivity contribution is -0.122. The number of hydrogen-bond donors (Lipinski definition) is 0. The Hall–Kier alpha value is -1.17. The number of likely N-dealkylation sites (N-methyl/N-ethyl adjacent to an activating group) is 1. The zero-order valence-corrected chi connectivity index (χ0v) is 18.6. The molecule has 2 aromatic rings. The number of carbonyl (C=O) groups is 1. The molecule has 1 aromatic heterocycles. The summed E-state index contributed by atoms with van der Waals surface area (Å²) in [6.45, 7) is 12.3. The van der Waals surface area contributed by atoms with Crippen molar-refractivity contribution in [2.75, 3.05) is 31.1 Å². The minimum Gasteiger partial charge on any atom is -0.302 e. The van der Waals surface area contributed by atoms with Gasteiger partial charge in [0.05, 0.1) is 10.2 Å². The maximum atomic E-state index is 13.2. The molecule has 27 heavy (non-hydrogen) atoms. The summed E-state index contributed by atoms with van der Waals surface area (Å²) in [5.41, 5.74) is 3.50. The molecule has 1 heterocycles. The molecule has 0 saturated heterocycles. The molecule has 4 nitrogen and oxygen atoms in total. The third-order valence-electron chi connectivity index (χ3n) is 5.54. The van der Waals surface area contributed by atoms with Gasteiger partial charge < -0.3 is 4.90 Å². The molecule has 0 atom stereocenters. The zero-order valence-electron chi connectivity index (χ0n) is 17.0. The molecule has 0 spiro atoms. The quantitative estimate of drug-likeness (QED) is 0.630. The normalized spacial score (nSPS) is 14.7. The maximum Gasteiger partial charge on any atom is 0.231 e. The Morgan fingerprint density at radius 1 is 1.15 bits per heavy atom. The smallest absolute Gasteiger partial charge is 0.231 e. The van der Waals surface area contributed by atoms with Gasteiger partial charge in [0.15, 0.2) is 5.13 Å². The molecule has 150 valence electrons. The summed E-state index contributed by atoms with van der Waals surface area (Å²) in [5.74, 6) is 0.463. The fraction of sp³-hybridized carbons (Fsp3) is 0.619. The lowest BCUT2D eigenvalue weighted by Crippen LogP contribution is -2.41. The first-order valence-electron chi connectivity index (χ1n) is 9.95. The molecule has 0 N–H and O–H groups in total. The Kier molecular flexibility index (Phi) is 8.07. The Balaban J connectivity index is 0.00000261. The van der Waals surface area contributed by atoms with Gasteiger partial charge in [0, 0.05) is 19.0 Å². The van der Waals surface area contributed by atoms with Crippen LogP contribution in [-0.4, -0.2) is 42.0 Å². The predicted molar refractivity (Wildman–Crippen MR) is 118 cm³/mol. The fourth-order valence-electron chi connectivity index (χ4n) is 3.95. The van der Waals surface area contributed by atoms with E-state index in [1.807, 2.05) is 4.90 Å². The second kappa shape index (κ2) is 9.85. The van der Waals surface area contributed by atoms with E-state index < -0.39 is 0 Å². The standard InChI is InChI=1S/C21H31N3OS.ClH/c1-5-23(6-2)11-12-24(20(25)17-9-7-8-10-17)21-22-18-14-15(3)13-16(4)19(18)26-21;/h13-14,17H,5-12H2,1-4H3;1H. The van der Waals surface area contributed by atoms with Crippen LogP contribution in [0.3, 0.4) is 0 Å². The van der Waals surface area contributed by atoms with Crippen LogP contribution in [-0.2, 0) is 4.79 Å². The van der Waals surface area contributed by atoms with E-state index >= 15 is 0 Å². The largest absolute Gasteiger partial charge is 0.302 e. The maximum absolute atomic E-state index is 13.2. The van der Waals surface area contributed by atoms with Crippen molar-refractivity contribution in [3.05, 3.63) is 23.3 Å². The molecule has 3 rings (SSSR count). The average Bonchev–Trinajstić information content (AvgIpc) is 3.28. The van der Waals surface area contributed by atoms with E-state index in [9.17, 15) is 4.79 Å². The SMILES string of the molecule is CCN(CC)CCN(C(=O)C1CCCC1)c1nc2cc(C)cc(C)c2s1.Cl. The Morgan fingerprint density at radius 3 is 2.44 bits per heavy atom. The Labute approximate surface area is 173 Å². The van der Waals surface area contributed by atoms with Crippen LogP contribution >= 0.6 is 23.7 Å². The second-order valence-electron chi connectivity index (χ2n) is 7.42. The van der Waals surface area contributed by atoms with Crippen molar-refractivity contribution in [2.45, 2.75) is 53.4 Å². The number of benzene rings is 1. The highest BCUT2D eigenvalue weighted by molar-refractivity contribution is 7.22. The van der Waals surface area contributed by atoms with Crippen LogP contribution in [0, 0.1) is 19.8 Å². The number of aromatic nitrogens is 1. The summed E-state index contributed by atoms with van der Waals surface area (Å²) in [4.78, 5) is 22.5. The van der Waals surface area contributed by atoms with Crippen LogP contribution in [0.5, 0.6) is 0 Å². The van der Waals surface area contributed by atoms with Gasteiger partial charge in [-0.05, 0) is 57.0 Å². The Bertz CT molecular complexity index is 766. The summed E-state index contributed by atoms with van der Waals surface area (Å²) in [6, 6.07) is 4.33. The number of carbonyl (C=O) groups excluding carboxylic acids is 1. The molecule has 0 unspecified atom stereocenters. The first kappa shape index (κ1) is 22.1. The van der Waals surface area contributed by atoms with E-state index in [0.717, 1.165) is 49.7 Å². The van der Waals surface area contributed by atoms with Gasteiger partial charge in [0.2, 0.25) is 5.91 Å². The van der Waals surface area contributed by atoms with Gasteiger partial charge in [-0.3, -0.25) is 9.69 Å². The van der Waals surface area contributed by atoms with Crippen molar-refractivity contribution < 1.29 is 4.79 Å². The number of amides is 1. The first-order chi connectivity index (χ1) is 12.5. The lowest BCUT2D eigenvalue weighted by atomic mass is 10.1. The molecule has 0 radical (unpaired) electrons. The van der Waals surface area contributed by atoms with Gasteiger partial charge in [0.1, 0.15) is 0 Å². The van der Waals surface area contributed by atoms with E-state index in [4.69, 9.17) is 4.98 Å². The van der Waals surface area contributed by atoms with Gasteiger partial charge in [0.25, 0.3) is 0 Å². The van der Waals surface area contributed by atoms with Crippen molar-refractivity contribution in [3.8, 4) is 0 Å². The minimum absolute atomic E-state index is 0. The van der Waals surface area contributed by atoms with Crippen LogP contribution in [0.15, 0.2) is 12.1 Å². The second-order valence-corrected chi connectivity index (χ2v) is 8.40. The number of fused-ring (bicyclic) bond motifs is 1. The molecule has 1 aliphatic carbocycles. The minimum atomic E-state index is 0. The predicted octanol–water partition coefficient (Wildman–Crippen LogP) is 5.20. The van der Waals surface area contributed by atoms with Crippen molar-refractivity contribution in [1.82, 2.24) is 9.88 Å². The summed E-state index contributed by atoms with van der Waals surface area (Å²) in [5, 5.41) is 0.873. The third kappa shape index (κ3) is 5.01. The zero-order chi connectivity index (χ0) is 18.7. The molecule has 1 fully saturated rings. The molecule has 1 saturated carbocycles. The van der Waals surface area contributed by atoms with E-state index in [0.29, 0.717) is 0 Å². The molecular formula is C21H32ClN3OS. The van der Waals surface area contributed by atoms with E-state index in [1.54, 1.807) is 11.3 Å². The summed E-state index contributed by atoms with van der Waals surface area (Å²) >= 11 is 1.67. The van der Waals surface area contributed by atoms with Gasteiger partial charge in [-0.25, -0.2) is 4.98 Å². The number of thiazole rings is 1. The highest BCUT2D eigenvalue weighted by Crippen LogP contribution is 2.34.